The number of nitrogens with two attached hydrogens (primary N) is 1. The van der Waals surface area contributed by atoms with Crippen molar-refractivity contribution in [3.05, 3.63) is 195 Å². The molecule has 7 heterocycles. The van der Waals surface area contributed by atoms with Crippen molar-refractivity contribution in [3.8, 4) is 18.2 Å². The quantitative estimate of drug-likeness (QED) is 0.0859. The first kappa shape index (κ1) is 59.2. The van der Waals surface area contributed by atoms with E-state index in [1.54, 1.807) is 44.0 Å². The molecule has 0 spiro atoms. The second kappa shape index (κ2) is 26.9. The summed E-state index contributed by atoms with van der Waals surface area (Å²) in [5, 5.41) is 40.9. The van der Waals surface area contributed by atoms with Gasteiger partial charge in [-0.25, -0.2) is 15.0 Å². The van der Waals surface area contributed by atoms with Crippen molar-refractivity contribution < 1.29 is 0 Å². The average Bonchev–Trinajstić information content (AvgIpc) is 2.76. The Hall–Kier alpha value is -9.14. The normalized spacial score (nSPS) is 16.3. The molecule has 0 saturated heterocycles. The molecule has 88 heavy (non-hydrogen) atoms. The molecule has 6 aliphatic rings. The van der Waals surface area contributed by atoms with Gasteiger partial charge in [0.2, 0.25) is 0 Å². The highest BCUT2D eigenvalue weighted by Gasteiger charge is 2.26. The zero-order chi connectivity index (χ0) is 60.7. The van der Waals surface area contributed by atoms with Gasteiger partial charge in [-0.2, -0.15) is 15.8 Å². The van der Waals surface area contributed by atoms with Crippen LogP contribution in [0.15, 0.2) is 124 Å². The van der Waals surface area contributed by atoms with Crippen LogP contribution >= 0.6 is 11.6 Å². The van der Waals surface area contributed by atoms with Crippen molar-refractivity contribution >= 4 is 73.4 Å². The third-order valence-electron chi connectivity index (χ3n) is 18.4. The predicted molar refractivity (Wildman–Crippen MR) is 349 cm³/mol. The van der Waals surface area contributed by atoms with Gasteiger partial charge in [0.25, 0.3) is 16.7 Å². The lowest BCUT2D eigenvalue weighted by Gasteiger charge is -2.19. The number of hydrogen-bond donors (Lipinski definition) is 4. The van der Waals surface area contributed by atoms with Crippen LogP contribution in [0, 0.1) is 34.0 Å². The Morgan fingerprint density at radius 2 is 0.830 bits per heavy atom. The molecule has 3 saturated carbocycles. The Morgan fingerprint density at radius 1 is 0.443 bits per heavy atom. The molecule has 0 atom stereocenters. The number of nitrogens with one attached hydrogen (secondary N) is 3. The van der Waals surface area contributed by atoms with Crippen LogP contribution in [-0.2, 0) is 38.6 Å². The summed E-state index contributed by atoms with van der Waals surface area (Å²) in [5.74, 6) is 1.44. The number of hydrogen-bond acceptors (Lipinski definition) is 13. The molecule has 16 nitrogen and oxygen atoms in total. The molecular formula is C71H72ClN13O3. The lowest BCUT2D eigenvalue weighted by molar-refractivity contribution is 0.515. The number of pyridine rings is 6. The molecule has 0 radical (unpaired) electrons. The van der Waals surface area contributed by atoms with Crippen LogP contribution < -0.4 is 38.4 Å². The van der Waals surface area contributed by atoms with Crippen molar-refractivity contribution in [2.75, 3.05) is 22.9 Å². The number of halogens is 1. The van der Waals surface area contributed by atoms with E-state index < -0.39 is 0 Å². The molecule has 6 aromatic heterocycles. The van der Waals surface area contributed by atoms with Crippen molar-refractivity contribution in [3.63, 3.8) is 0 Å². The predicted octanol–water partition coefficient (Wildman–Crippen LogP) is 14.0. The van der Waals surface area contributed by atoms with Crippen LogP contribution in [0.5, 0.6) is 0 Å². The minimum absolute atomic E-state index is 0.122. The molecule has 5 aliphatic carbocycles. The fraction of sp³-hybridized carbons (Fsp3) is 0.366. The van der Waals surface area contributed by atoms with Gasteiger partial charge in [-0.05, 0) is 227 Å². The molecule has 17 heteroatoms. The summed E-state index contributed by atoms with van der Waals surface area (Å²) in [6.07, 6.45) is 23.4. The summed E-state index contributed by atoms with van der Waals surface area (Å²) >= 11 is 5.93. The molecule has 0 amide bonds. The Labute approximate surface area is 516 Å². The maximum absolute atomic E-state index is 12.9. The molecule has 3 fully saturated rings. The summed E-state index contributed by atoms with van der Waals surface area (Å²) in [6.45, 7) is 1.91. The number of fused-ring (bicyclic) bond motifs is 6. The van der Waals surface area contributed by atoms with Gasteiger partial charge in [0.05, 0.1) is 0 Å². The Kier molecular flexibility index (Phi) is 18.1. The van der Waals surface area contributed by atoms with Gasteiger partial charge >= 0.3 is 0 Å². The van der Waals surface area contributed by atoms with Crippen molar-refractivity contribution in [2.45, 2.75) is 160 Å². The second-order valence-corrected chi connectivity index (χ2v) is 24.6. The molecule has 3 aromatic carbocycles. The third kappa shape index (κ3) is 12.9. The smallest absolute Gasteiger partial charge is 0.270 e. The van der Waals surface area contributed by atoms with Gasteiger partial charge in [0, 0.05) is 57.9 Å². The highest BCUT2D eigenvalue weighted by atomic mass is 35.5. The highest BCUT2D eigenvalue weighted by molar-refractivity contribution is 6.29. The van der Waals surface area contributed by atoms with Crippen molar-refractivity contribution in [2.24, 2.45) is 0 Å². The fourth-order valence-corrected chi connectivity index (χ4v) is 14.0. The van der Waals surface area contributed by atoms with Gasteiger partial charge in [0.1, 0.15) is 68.6 Å². The largest absolute Gasteiger partial charge is 0.399 e. The monoisotopic (exact) mass is 1190 g/mol. The minimum atomic E-state index is -0.253. The maximum Gasteiger partial charge on any atom is 0.270 e. The SMILES string of the molecule is N#Cc1cc2ccc(Cl)nc2n(C2CCCC2)c1=O.N#Cc1cc2ccc(Nc3ccc4c(c3)CCCC4)nc2n(C2CCCC2)c1=O.N#Cc1cc2ccc(Nc3ccc4c(c3)CCNC4)nc2n(C2CCCC2)c1=O.Nc1ccc2c(c1)CCCC2. The third-order valence-corrected chi connectivity index (χ3v) is 18.6. The molecule has 1 aliphatic heterocycles. The van der Waals surface area contributed by atoms with Gasteiger partial charge in [-0.3, -0.25) is 28.1 Å². The maximum atomic E-state index is 12.9. The van der Waals surface area contributed by atoms with E-state index in [1.807, 2.05) is 36.4 Å². The summed E-state index contributed by atoms with van der Waals surface area (Å²) in [4.78, 5) is 52.1. The lowest BCUT2D eigenvalue weighted by Crippen LogP contribution is -2.26. The number of rotatable bonds is 7. The molecule has 0 unspecified atom stereocenters. The van der Waals surface area contributed by atoms with Gasteiger partial charge in [-0.1, -0.05) is 68.3 Å². The van der Waals surface area contributed by atoms with E-state index in [9.17, 15) is 24.9 Å². The second-order valence-electron chi connectivity index (χ2n) is 24.2. The first-order chi connectivity index (χ1) is 43.0. The molecule has 5 N–H and O–H groups in total. The van der Waals surface area contributed by atoms with E-state index in [0.717, 1.165) is 142 Å². The fourth-order valence-electron chi connectivity index (χ4n) is 13.9. The van der Waals surface area contributed by atoms with E-state index >= 15 is 0 Å². The molecule has 0 bridgehead atoms. The number of nitrogens with zero attached hydrogens (tertiary/aromatic N) is 9. The lowest BCUT2D eigenvalue weighted by atomic mass is 9.91. The zero-order valence-corrected chi connectivity index (χ0v) is 50.3. The summed E-state index contributed by atoms with van der Waals surface area (Å²) in [7, 11) is 0. The van der Waals surface area contributed by atoms with Gasteiger partial charge in [-0.15, -0.1) is 0 Å². The standard InChI is InChI=1S/C24H24N4O.C23H23N5O.C14H12ClN3O.C10H13N/c25-15-19-13-18-10-12-22(26-20-11-9-16-5-1-2-6-17(16)14-20)27-23(18)28(24(19)29)21-7-3-4-8-21;24-13-18-11-16-6-8-21(26-19-7-5-17-14-25-10-9-15(17)12-19)27-22(16)28(23(18)29)20-3-1-2-4-20;15-12-6-5-9-7-10(8-16)14(19)18(13(9)17-12)11-3-1-2-4-11;11-10-6-5-8-3-1-2-4-9(8)7-10/h9-14,21H,1-8H2,(H,26,27);5-8,11-12,20,25H,1-4,9-10,14H2,(H,26,27);5-7,11H,1-4H2;5-7H,1-4,11H2. The number of nitrogen functional groups attached to an aromatic ring is 1. The van der Waals surface area contributed by atoms with E-state index in [1.165, 1.54) is 78.3 Å². The first-order valence-corrected chi connectivity index (χ1v) is 31.8. The molecular weight excluding hydrogens is 1120 g/mol. The van der Waals surface area contributed by atoms with Gasteiger partial charge in [0.15, 0.2) is 0 Å². The Balaban J connectivity index is 0.000000120. The van der Waals surface area contributed by atoms with E-state index in [2.05, 4.69) is 81.6 Å². The Morgan fingerprint density at radius 3 is 1.28 bits per heavy atom. The van der Waals surface area contributed by atoms with Crippen LogP contribution in [-0.4, -0.2) is 35.2 Å². The number of aromatic nitrogens is 6. The summed E-state index contributed by atoms with van der Waals surface area (Å²) in [5.41, 5.74) is 18.9. The van der Waals surface area contributed by atoms with Crippen LogP contribution in [0.1, 0.15) is 171 Å². The van der Waals surface area contributed by atoms with Crippen LogP contribution in [0.3, 0.4) is 0 Å². The molecule has 9 aromatic rings. The van der Waals surface area contributed by atoms with Crippen molar-refractivity contribution in [1.82, 2.24) is 34.0 Å². The van der Waals surface area contributed by atoms with Gasteiger partial charge < -0.3 is 21.7 Å². The Bertz CT molecular complexity index is 4250. The molecule has 446 valence electrons. The van der Waals surface area contributed by atoms with E-state index in [0.29, 0.717) is 27.9 Å². The number of nitriles is 3. The van der Waals surface area contributed by atoms with Crippen LogP contribution in [0.25, 0.3) is 33.1 Å². The number of aryl methyl sites for hydroxylation is 4. The summed E-state index contributed by atoms with van der Waals surface area (Å²) < 4.78 is 5.18. The van der Waals surface area contributed by atoms with Crippen LogP contribution in [0.4, 0.5) is 28.7 Å². The number of benzene rings is 3. The number of anilines is 5. The van der Waals surface area contributed by atoms with Crippen molar-refractivity contribution in [1.29, 1.82) is 15.8 Å². The minimum Gasteiger partial charge on any atom is -0.399 e. The first-order valence-electron chi connectivity index (χ1n) is 31.4. The van der Waals surface area contributed by atoms with Crippen LogP contribution in [0.2, 0.25) is 5.15 Å². The molecule has 15 rings (SSSR count). The average molecular weight is 1190 g/mol. The van der Waals surface area contributed by atoms with E-state index in [4.69, 9.17) is 32.6 Å². The zero-order valence-electron chi connectivity index (χ0n) is 49.6. The summed E-state index contributed by atoms with van der Waals surface area (Å²) in [6, 6.07) is 41.8. The topological polar surface area (TPSA) is 238 Å². The highest BCUT2D eigenvalue weighted by Crippen LogP contribution is 2.35. The van der Waals surface area contributed by atoms with E-state index in [-0.39, 0.29) is 51.5 Å².